The molecule has 2 aromatic carbocycles. The lowest BCUT2D eigenvalue weighted by Crippen LogP contribution is -2.30. The second-order valence-electron chi connectivity index (χ2n) is 5.20. The summed E-state index contributed by atoms with van der Waals surface area (Å²) in [5.41, 5.74) is 1.55. The van der Waals surface area contributed by atoms with Gasteiger partial charge in [0.2, 0.25) is 0 Å². The Morgan fingerprint density at radius 3 is 2.50 bits per heavy atom. The molecule has 0 saturated heterocycles. The Balaban J connectivity index is 1.95. The summed E-state index contributed by atoms with van der Waals surface area (Å²) in [6.07, 6.45) is 1.66. The van der Waals surface area contributed by atoms with Crippen LogP contribution in [-0.4, -0.2) is 10.9 Å². The Hall–Kier alpha value is -2.53. The van der Waals surface area contributed by atoms with Gasteiger partial charge >= 0.3 is 0 Å². The SMILES string of the molecule is O=C(NC(c1ccccc1)c1ccccn1)c1cc(Br)ccc1F. The van der Waals surface area contributed by atoms with E-state index in [1.807, 2.05) is 42.5 Å². The summed E-state index contributed by atoms with van der Waals surface area (Å²) in [6.45, 7) is 0. The van der Waals surface area contributed by atoms with Crippen LogP contribution in [0.2, 0.25) is 0 Å². The Morgan fingerprint density at radius 2 is 1.79 bits per heavy atom. The number of nitrogens with zero attached hydrogens (tertiary/aromatic N) is 1. The van der Waals surface area contributed by atoms with Gasteiger partial charge in [0, 0.05) is 10.7 Å². The third-order valence-corrected chi connectivity index (χ3v) is 4.06. The van der Waals surface area contributed by atoms with Crippen molar-refractivity contribution in [1.82, 2.24) is 10.3 Å². The van der Waals surface area contributed by atoms with E-state index in [1.54, 1.807) is 18.3 Å². The highest BCUT2D eigenvalue weighted by Crippen LogP contribution is 2.22. The van der Waals surface area contributed by atoms with Crippen LogP contribution in [0, 0.1) is 5.82 Å². The van der Waals surface area contributed by atoms with Crippen LogP contribution in [0.4, 0.5) is 4.39 Å². The van der Waals surface area contributed by atoms with E-state index in [9.17, 15) is 9.18 Å². The minimum absolute atomic E-state index is 0.0127. The molecule has 1 amide bonds. The fraction of sp³-hybridized carbons (Fsp3) is 0.0526. The van der Waals surface area contributed by atoms with Crippen molar-refractivity contribution in [3.8, 4) is 0 Å². The molecule has 3 aromatic rings. The van der Waals surface area contributed by atoms with E-state index in [4.69, 9.17) is 0 Å². The second kappa shape index (κ2) is 7.36. The van der Waals surface area contributed by atoms with Gasteiger partial charge in [0.05, 0.1) is 17.3 Å². The Kier molecular flexibility index (Phi) is 5.01. The van der Waals surface area contributed by atoms with Crippen LogP contribution in [0.5, 0.6) is 0 Å². The van der Waals surface area contributed by atoms with E-state index < -0.39 is 17.8 Å². The van der Waals surface area contributed by atoms with E-state index in [-0.39, 0.29) is 5.56 Å². The maximum Gasteiger partial charge on any atom is 0.255 e. The first-order chi connectivity index (χ1) is 11.6. The lowest BCUT2D eigenvalue weighted by molar-refractivity contribution is 0.0938. The molecule has 0 fully saturated rings. The quantitative estimate of drug-likeness (QED) is 0.719. The molecule has 120 valence electrons. The minimum Gasteiger partial charge on any atom is -0.339 e. The largest absolute Gasteiger partial charge is 0.339 e. The summed E-state index contributed by atoms with van der Waals surface area (Å²) in [6, 6.07) is 18.8. The predicted octanol–water partition coefficient (Wildman–Crippen LogP) is 4.50. The number of pyridine rings is 1. The Morgan fingerprint density at radius 1 is 1.04 bits per heavy atom. The number of halogens is 2. The van der Waals surface area contributed by atoms with Crippen LogP contribution in [0.1, 0.15) is 27.7 Å². The zero-order valence-corrected chi connectivity index (χ0v) is 14.2. The van der Waals surface area contributed by atoms with Gasteiger partial charge < -0.3 is 5.32 Å². The third kappa shape index (κ3) is 3.68. The first-order valence-corrected chi connectivity index (χ1v) is 8.16. The fourth-order valence-corrected chi connectivity index (χ4v) is 2.76. The molecule has 0 spiro atoms. The molecule has 0 radical (unpaired) electrons. The van der Waals surface area contributed by atoms with Crippen molar-refractivity contribution in [2.45, 2.75) is 6.04 Å². The molecule has 0 aliphatic rings. The molecule has 3 rings (SSSR count). The number of carbonyl (C=O) groups is 1. The molecule has 1 atom stereocenters. The smallest absolute Gasteiger partial charge is 0.255 e. The molecule has 24 heavy (non-hydrogen) atoms. The predicted molar refractivity (Wildman–Crippen MR) is 94.1 cm³/mol. The first kappa shape index (κ1) is 16.3. The molecule has 1 N–H and O–H groups in total. The second-order valence-corrected chi connectivity index (χ2v) is 6.11. The van der Waals surface area contributed by atoms with Crippen LogP contribution < -0.4 is 5.32 Å². The maximum absolute atomic E-state index is 14.0. The molecule has 0 aliphatic carbocycles. The van der Waals surface area contributed by atoms with Crippen molar-refractivity contribution >= 4 is 21.8 Å². The maximum atomic E-state index is 14.0. The molecule has 0 aliphatic heterocycles. The number of amides is 1. The number of rotatable bonds is 4. The minimum atomic E-state index is -0.566. The molecule has 0 bridgehead atoms. The highest BCUT2D eigenvalue weighted by molar-refractivity contribution is 9.10. The summed E-state index contributed by atoms with van der Waals surface area (Å²) < 4.78 is 14.6. The highest BCUT2D eigenvalue weighted by atomic mass is 79.9. The zero-order valence-electron chi connectivity index (χ0n) is 12.6. The Labute approximate surface area is 147 Å². The zero-order chi connectivity index (χ0) is 16.9. The molecule has 0 saturated carbocycles. The van der Waals surface area contributed by atoms with Gasteiger partial charge in [-0.2, -0.15) is 0 Å². The standard InChI is InChI=1S/C19H14BrFN2O/c20-14-9-10-16(21)15(12-14)19(24)23-18(13-6-2-1-3-7-13)17-8-4-5-11-22-17/h1-12,18H,(H,23,24). The van der Waals surface area contributed by atoms with Gasteiger partial charge in [0.25, 0.3) is 5.91 Å². The van der Waals surface area contributed by atoms with E-state index >= 15 is 0 Å². The van der Waals surface area contributed by atoms with Crippen molar-refractivity contribution in [2.24, 2.45) is 0 Å². The van der Waals surface area contributed by atoms with Gasteiger partial charge in [-0.1, -0.05) is 52.3 Å². The molecular weight excluding hydrogens is 371 g/mol. The van der Waals surface area contributed by atoms with Gasteiger partial charge in [-0.05, 0) is 35.9 Å². The molecule has 5 heteroatoms. The van der Waals surface area contributed by atoms with Gasteiger partial charge in [-0.25, -0.2) is 4.39 Å². The lowest BCUT2D eigenvalue weighted by Gasteiger charge is -2.19. The van der Waals surface area contributed by atoms with Gasteiger partial charge in [-0.3, -0.25) is 9.78 Å². The van der Waals surface area contributed by atoms with Crippen LogP contribution in [0.3, 0.4) is 0 Å². The van der Waals surface area contributed by atoms with Crippen molar-refractivity contribution in [2.75, 3.05) is 0 Å². The molecule has 1 heterocycles. The van der Waals surface area contributed by atoms with Crippen molar-refractivity contribution < 1.29 is 9.18 Å². The number of carbonyl (C=O) groups excluding carboxylic acids is 1. The average molecular weight is 385 g/mol. The van der Waals surface area contributed by atoms with E-state index in [0.717, 1.165) is 5.56 Å². The first-order valence-electron chi connectivity index (χ1n) is 7.37. The molecular formula is C19H14BrFN2O. The van der Waals surface area contributed by atoms with Crippen LogP contribution >= 0.6 is 15.9 Å². The van der Waals surface area contributed by atoms with Gasteiger partial charge in [0.1, 0.15) is 5.82 Å². The average Bonchev–Trinajstić information content (AvgIpc) is 2.63. The number of hydrogen-bond acceptors (Lipinski definition) is 2. The number of benzene rings is 2. The van der Waals surface area contributed by atoms with Crippen molar-refractivity contribution in [1.29, 1.82) is 0 Å². The van der Waals surface area contributed by atoms with Gasteiger partial charge in [0.15, 0.2) is 0 Å². The number of hydrogen-bond donors (Lipinski definition) is 1. The normalized spacial score (nSPS) is 11.8. The van der Waals surface area contributed by atoms with E-state index in [1.165, 1.54) is 12.1 Å². The topological polar surface area (TPSA) is 42.0 Å². The molecule has 1 unspecified atom stereocenters. The summed E-state index contributed by atoms with van der Waals surface area (Å²) in [7, 11) is 0. The number of nitrogens with one attached hydrogen (secondary N) is 1. The van der Waals surface area contributed by atoms with Crippen LogP contribution in [0.15, 0.2) is 77.4 Å². The van der Waals surface area contributed by atoms with E-state index in [2.05, 4.69) is 26.2 Å². The molecule has 1 aromatic heterocycles. The van der Waals surface area contributed by atoms with Gasteiger partial charge in [-0.15, -0.1) is 0 Å². The van der Waals surface area contributed by atoms with Crippen molar-refractivity contribution in [3.05, 3.63) is 100 Å². The highest BCUT2D eigenvalue weighted by Gasteiger charge is 2.20. The van der Waals surface area contributed by atoms with Crippen LogP contribution in [-0.2, 0) is 0 Å². The summed E-state index contributed by atoms with van der Waals surface area (Å²) in [5, 5.41) is 2.87. The fourth-order valence-electron chi connectivity index (χ4n) is 2.40. The summed E-state index contributed by atoms with van der Waals surface area (Å²) >= 11 is 3.26. The monoisotopic (exact) mass is 384 g/mol. The van der Waals surface area contributed by atoms with Crippen molar-refractivity contribution in [3.63, 3.8) is 0 Å². The summed E-state index contributed by atoms with van der Waals surface area (Å²) in [5.74, 6) is -1.06. The van der Waals surface area contributed by atoms with Crippen LogP contribution in [0.25, 0.3) is 0 Å². The summed E-state index contributed by atoms with van der Waals surface area (Å²) in [4.78, 5) is 16.9. The lowest BCUT2D eigenvalue weighted by atomic mass is 10.0. The Bertz CT molecular complexity index is 801. The van der Waals surface area contributed by atoms with E-state index in [0.29, 0.717) is 10.2 Å². The third-order valence-electron chi connectivity index (χ3n) is 3.56. The number of aromatic nitrogens is 1. The molecule has 3 nitrogen and oxygen atoms in total.